The van der Waals surface area contributed by atoms with Crippen LogP contribution in [-0.4, -0.2) is 88.5 Å². The topological polar surface area (TPSA) is 118 Å². The van der Waals surface area contributed by atoms with Gasteiger partial charge in [0.25, 0.3) is 0 Å². The van der Waals surface area contributed by atoms with Gasteiger partial charge in [-0.2, -0.15) is 0 Å². The van der Waals surface area contributed by atoms with E-state index < -0.39 is 12.2 Å². The standard InChI is InChI=1S/C27H46ClN5O4/c1-15-31-32-27-21(13-24(35)29-14-17-4-3-5-23(34)26(17)36)30-25(16-6-8-18(28)9-7-16)20-12-19(37-2)10-11-22(20)33(15)27/h15-23,26-27,31-32,34,36H,3-14H2,1-2H3,(H,29,35)/t15?,16?,17?,18?,19?,20?,21-,22?,23?,26?,27?/m0/s1. The highest BCUT2D eigenvalue weighted by Crippen LogP contribution is 2.42. The number of aliphatic hydroxyl groups excluding tert-OH is 2. The SMILES string of the molecule is COC1CCC2C(C1)C(C1CCC(Cl)CC1)=N[C@@H](CC(=O)NCC1CCCC(O)C1O)C1NNC(C)N21. The number of hydrazine groups is 1. The quantitative estimate of drug-likeness (QED) is 0.327. The van der Waals surface area contributed by atoms with Crippen LogP contribution in [0.1, 0.15) is 77.6 Å². The Bertz CT molecular complexity index is 825. The van der Waals surface area contributed by atoms with Gasteiger partial charge < -0.3 is 20.3 Å². The number of nitrogens with one attached hydrogen (secondary N) is 3. The Morgan fingerprint density at radius 2 is 1.92 bits per heavy atom. The van der Waals surface area contributed by atoms with E-state index in [2.05, 4.69) is 28.0 Å². The van der Waals surface area contributed by atoms with Gasteiger partial charge in [0.15, 0.2) is 0 Å². The van der Waals surface area contributed by atoms with E-state index in [9.17, 15) is 15.0 Å². The highest BCUT2D eigenvalue weighted by molar-refractivity contribution is 6.20. The molecular formula is C27H46ClN5O4. The van der Waals surface area contributed by atoms with Crippen LogP contribution < -0.4 is 16.2 Å². The zero-order chi connectivity index (χ0) is 26.1. The summed E-state index contributed by atoms with van der Waals surface area (Å²) in [5, 5.41) is 23.7. The molecule has 2 aliphatic heterocycles. The number of carbonyl (C=O) groups is 1. The van der Waals surface area contributed by atoms with Crippen molar-refractivity contribution in [2.75, 3.05) is 13.7 Å². The number of rotatable bonds is 6. The fraction of sp³-hybridized carbons (Fsp3) is 0.926. The van der Waals surface area contributed by atoms with Gasteiger partial charge in [0.05, 0.1) is 43.1 Å². The summed E-state index contributed by atoms with van der Waals surface area (Å²) >= 11 is 6.48. The molecule has 0 bridgehead atoms. The summed E-state index contributed by atoms with van der Waals surface area (Å²) in [5.74, 6) is 0.564. The zero-order valence-corrected chi connectivity index (χ0v) is 23.1. The van der Waals surface area contributed by atoms with Crippen LogP contribution in [0.2, 0.25) is 0 Å². The average molecular weight is 540 g/mol. The van der Waals surface area contributed by atoms with Gasteiger partial charge in [-0.1, -0.05) is 6.42 Å². The number of hydrogen-bond acceptors (Lipinski definition) is 8. The molecule has 3 saturated carbocycles. The molecule has 5 rings (SSSR count). The van der Waals surface area contributed by atoms with Crippen LogP contribution in [0.5, 0.6) is 0 Å². The van der Waals surface area contributed by atoms with Gasteiger partial charge in [-0.05, 0) is 70.6 Å². The van der Waals surface area contributed by atoms with Gasteiger partial charge in [0.1, 0.15) is 0 Å². The van der Waals surface area contributed by atoms with Gasteiger partial charge in [0, 0.05) is 42.6 Å². The summed E-state index contributed by atoms with van der Waals surface area (Å²) < 4.78 is 5.84. The van der Waals surface area contributed by atoms with Crippen molar-refractivity contribution in [2.24, 2.45) is 22.7 Å². The first-order valence-corrected chi connectivity index (χ1v) is 14.9. The van der Waals surface area contributed by atoms with Crippen LogP contribution in [0, 0.1) is 17.8 Å². The van der Waals surface area contributed by atoms with Crippen LogP contribution in [0.25, 0.3) is 0 Å². The molecule has 0 aromatic heterocycles. The Morgan fingerprint density at radius 1 is 1.14 bits per heavy atom. The fourth-order valence-corrected chi connectivity index (χ4v) is 7.89. The summed E-state index contributed by atoms with van der Waals surface area (Å²) in [6, 6.07) is 0.142. The van der Waals surface area contributed by atoms with Crippen molar-refractivity contribution in [2.45, 2.75) is 126 Å². The van der Waals surface area contributed by atoms with Crippen molar-refractivity contribution in [3.8, 4) is 0 Å². The smallest absolute Gasteiger partial charge is 0.222 e. The minimum atomic E-state index is -0.775. The van der Waals surface area contributed by atoms with Gasteiger partial charge in [0.2, 0.25) is 5.91 Å². The molecule has 1 amide bonds. The number of alkyl halides is 1. The number of fused-ring (bicyclic) bond motifs is 3. The molecule has 0 aromatic rings. The van der Waals surface area contributed by atoms with Crippen LogP contribution in [0.3, 0.4) is 0 Å². The summed E-state index contributed by atoms with van der Waals surface area (Å²) in [4.78, 5) is 21.2. The van der Waals surface area contributed by atoms with Crippen molar-refractivity contribution < 1.29 is 19.7 Å². The van der Waals surface area contributed by atoms with Crippen molar-refractivity contribution >= 4 is 23.2 Å². The number of aliphatic imine (C=N–C) groups is 1. The minimum absolute atomic E-state index is 0.0502. The van der Waals surface area contributed by atoms with E-state index in [1.165, 1.54) is 5.71 Å². The van der Waals surface area contributed by atoms with Crippen LogP contribution in [0.15, 0.2) is 4.99 Å². The van der Waals surface area contributed by atoms with Gasteiger partial charge in [-0.15, -0.1) is 11.6 Å². The van der Waals surface area contributed by atoms with E-state index in [1.54, 1.807) is 0 Å². The Labute approximate surface area is 226 Å². The second-order valence-corrected chi connectivity index (χ2v) is 12.6. The highest BCUT2D eigenvalue weighted by atomic mass is 35.5. The number of aliphatic hydroxyl groups is 2. The molecule has 0 aromatic carbocycles. The molecule has 5 N–H and O–H groups in total. The molecule has 8 unspecified atom stereocenters. The molecule has 9 nitrogen and oxygen atoms in total. The number of methoxy groups -OCH3 is 1. The largest absolute Gasteiger partial charge is 0.390 e. The number of nitrogens with zero attached hydrogens (tertiary/aromatic N) is 2. The maximum atomic E-state index is 13.2. The van der Waals surface area contributed by atoms with E-state index in [0.717, 1.165) is 57.8 Å². The van der Waals surface area contributed by atoms with Crippen LogP contribution in [-0.2, 0) is 9.53 Å². The lowest BCUT2D eigenvalue weighted by molar-refractivity contribution is -0.122. The number of hydrogen-bond donors (Lipinski definition) is 5. The summed E-state index contributed by atoms with van der Waals surface area (Å²) in [6.07, 6.45) is 8.65. The van der Waals surface area contributed by atoms with E-state index in [1.807, 2.05) is 7.11 Å². The molecule has 4 fully saturated rings. The first-order valence-electron chi connectivity index (χ1n) is 14.5. The van der Waals surface area contributed by atoms with Gasteiger partial charge >= 0.3 is 0 Å². The van der Waals surface area contributed by atoms with Crippen molar-refractivity contribution in [3.05, 3.63) is 0 Å². The van der Waals surface area contributed by atoms with Crippen LogP contribution >= 0.6 is 11.6 Å². The molecule has 9 atom stereocenters. The van der Waals surface area contributed by atoms with Gasteiger partial charge in [-0.25, -0.2) is 10.9 Å². The van der Waals surface area contributed by atoms with Gasteiger partial charge in [-0.3, -0.25) is 14.7 Å². The first-order chi connectivity index (χ1) is 17.9. The summed E-state index contributed by atoms with van der Waals surface area (Å²) in [6.45, 7) is 2.57. The molecule has 37 heavy (non-hydrogen) atoms. The number of halogens is 1. The lowest BCUT2D eigenvalue weighted by atomic mass is 9.72. The van der Waals surface area contributed by atoms with Crippen molar-refractivity contribution in [1.82, 2.24) is 21.1 Å². The first kappa shape index (κ1) is 27.7. The third-order valence-corrected chi connectivity index (χ3v) is 10.2. The second kappa shape index (κ2) is 12.1. The number of amides is 1. The molecular weight excluding hydrogens is 494 g/mol. The molecule has 0 spiro atoms. The minimum Gasteiger partial charge on any atom is -0.390 e. The monoisotopic (exact) mass is 539 g/mol. The maximum Gasteiger partial charge on any atom is 0.222 e. The van der Waals surface area contributed by atoms with E-state index in [-0.39, 0.29) is 48.1 Å². The Kier molecular flexibility index (Phi) is 9.11. The lowest BCUT2D eigenvalue weighted by Gasteiger charge is -2.44. The van der Waals surface area contributed by atoms with E-state index in [4.69, 9.17) is 21.3 Å². The highest BCUT2D eigenvalue weighted by Gasteiger charge is 2.50. The summed E-state index contributed by atoms with van der Waals surface area (Å²) in [5.41, 5.74) is 8.16. The predicted octanol–water partition coefficient (Wildman–Crippen LogP) is 1.90. The molecule has 5 aliphatic rings. The zero-order valence-electron chi connectivity index (χ0n) is 22.3. The second-order valence-electron chi connectivity index (χ2n) is 12.0. The Hall–Kier alpha value is -0.810. The van der Waals surface area contributed by atoms with Crippen molar-refractivity contribution in [1.29, 1.82) is 0 Å². The molecule has 1 saturated heterocycles. The Balaban J connectivity index is 1.36. The average Bonchev–Trinajstić information content (AvgIpc) is 3.22. The molecule has 210 valence electrons. The third kappa shape index (κ3) is 6.03. The van der Waals surface area contributed by atoms with Crippen molar-refractivity contribution in [3.63, 3.8) is 0 Å². The third-order valence-electron chi connectivity index (χ3n) is 9.73. The van der Waals surface area contributed by atoms with E-state index >= 15 is 0 Å². The molecule has 0 radical (unpaired) electrons. The maximum absolute atomic E-state index is 13.2. The Morgan fingerprint density at radius 3 is 2.68 bits per heavy atom. The fourth-order valence-electron chi connectivity index (χ4n) is 7.64. The molecule has 3 aliphatic carbocycles. The van der Waals surface area contributed by atoms with E-state index in [0.29, 0.717) is 30.8 Å². The number of ether oxygens (including phenoxy) is 1. The predicted molar refractivity (Wildman–Crippen MR) is 143 cm³/mol. The molecule has 2 heterocycles. The normalized spacial score (nSPS) is 44.9. The summed E-state index contributed by atoms with van der Waals surface area (Å²) in [7, 11) is 1.82. The number of carbonyl (C=O) groups excluding carboxylic acids is 1. The van der Waals surface area contributed by atoms with Crippen LogP contribution in [0.4, 0.5) is 0 Å². The molecule has 10 heteroatoms. The lowest BCUT2D eigenvalue weighted by Crippen LogP contribution is -2.55.